The first-order chi connectivity index (χ1) is 15.3. The Morgan fingerprint density at radius 1 is 1.03 bits per heavy atom. The van der Waals surface area contributed by atoms with Crippen molar-refractivity contribution in [1.82, 2.24) is 4.72 Å². The molecule has 0 amide bonds. The van der Waals surface area contributed by atoms with E-state index in [1.54, 1.807) is 12.1 Å². The molecule has 7 nitrogen and oxygen atoms in total. The summed E-state index contributed by atoms with van der Waals surface area (Å²) in [6, 6.07) is 12.9. The number of nitrogens with one attached hydrogen (secondary N) is 1. The van der Waals surface area contributed by atoms with Crippen LogP contribution in [0.2, 0.25) is 0 Å². The van der Waals surface area contributed by atoms with Crippen molar-refractivity contribution in [2.45, 2.75) is 48.8 Å². The molecule has 2 unspecified atom stereocenters. The molecule has 4 rings (SSSR count). The van der Waals surface area contributed by atoms with Crippen LogP contribution in [-0.2, 0) is 24.3 Å². The van der Waals surface area contributed by atoms with E-state index in [2.05, 4.69) is 20.7 Å². The molecule has 172 valence electrons. The van der Waals surface area contributed by atoms with Gasteiger partial charge in [0.2, 0.25) is 10.0 Å². The van der Waals surface area contributed by atoms with E-state index in [1.165, 1.54) is 12.1 Å². The third kappa shape index (κ3) is 5.23. The fraction of sp³-hybridized carbons (Fsp3) is 0.435. The second kappa shape index (κ2) is 9.61. The van der Waals surface area contributed by atoms with E-state index in [0.717, 1.165) is 28.4 Å². The van der Waals surface area contributed by atoms with E-state index < -0.39 is 33.7 Å². The summed E-state index contributed by atoms with van der Waals surface area (Å²) in [6.45, 7) is 1.14. The molecule has 0 radical (unpaired) electrons. The largest absolute Gasteiger partial charge is 0.480 e. The fourth-order valence-corrected chi connectivity index (χ4v) is 5.98. The molecular formula is C23H26BrNO6S. The Morgan fingerprint density at radius 2 is 1.62 bits per heavy atom. The highest BCUT2D eigenvalue weighted by Crippen LogP contribution is 2.40. The van der Waals surface area contributed by atoms with Gasteiger partial charge in [-0.05, 0) is 60.6 Å². The monoisotopic (exact) mass is 523 g/mol. The molecular weight excluding hydrogens is 498 g/mol. The summed E-state index contributed by atoms with van der Waals surface area (Å²) >= 11 is 3.40. The van der Waals surface area contributed by atoms with Crippen LogP contribution in [-0.4, -0.2) is 44.5 Å². The Labute approximate surface area is 196 Å². The van der Waals surface area contributed by atoms with Crippen molar-refractivity contribution < 1.29 is 27.8 Å². The van der Waals surface area contributed by atoms with E-state index in [9.17, 15) is 18.3 Å². The lowest BCUT2D eigenvalue weighted by atomic mass is 9.80. The van der Waals surface area contributed by atoms with E-state index in [1.807, 2.05) is 24.3 Å². The Bertz CT molecular complexity index is 1040. The number of rotatable bonds is 6. The minimum atomic E-state index is -4.02. The van der Waals surface area contributed by atoms with E-state index in [4.69, 9.17) is 9.47 Å². The Balaban J connectivity index is 1.51. The van der Waals surface area contributed by atoms with Gasteiger partial charge in [-0.3, -0.25) is 4.79 Å². The second-order valence-electron chi connectivity index (χ2n) is 8.29. The zero-order valence-corrected chi connectivity index (χ0v) is 19.9. The number of sulfonamides is 1. The summed E-state index contributed by atoms with van der Waals surface area (Å²) in [5, 5.41) is 9.83. The lowest BCUT2D eigenvalue weighted by Crippen LogP contribution is -2.52. The molecule has 1 heterocycles. The van der Waals surface area contributed by atoms with Crippen LogP contribution in [0.25, 0.3) is 11.1 Å². The maximum absolute atomic E-state index is 13.0. The third-order valence-electron chi connectivity index (χ3n) is 6.09. The van der Waals surface area contributed by atoms with Crippen molar-refractivity contribution >= 4 is 31.9 Å². The molecule has 2 aromatic carbocycles. The quantitative estimate of drug-likeness (QED) is 0.588. The molecule has 1 spiro atoms. The normalized spacial score (nSPS) is 21.8. The minimum absolute atomic E-state index is 0.0281. The SMILES string of the molecule is O=C(O)C(NS(=O)(=O)c1ccc(-c2ccc(Br)cc2)cc1)C1CCCC2(C1)OCCCO2. The lowest BCUT2D eigenvalue weighted by molar-refractivity contribution is -0.286. The van der Waals surface area contributed by atoms with Gasteiger partial charge in [0.25, 0.3) is 0 Å². The standard InChI is InChI=1S/C23H26BrNO6S/c24-19-8-4-16(5-9-19)17-6-10-20(11-7-17)32(28,29)25-21(22(26)27)18-3-1-12-23(15-18)30-13-2-14-31-23/h4-11,18,21,25H,1-3,12-15H2,(H,26,27). The highest BCUT2D eigenvalue weighted by atomic mass is 79.9. The first-order valence-electron chi connectivity index (χ1n) is 10.7. The van der Waals surface area contributed by atoms with E-state index in [-0.39, 0.29) is 4.90 Å². The Morgan fingerprint density at radius 3 is 2.22 bits per heavy atom. The van der Waals surface area contributed by atoms with Gasteiger partial charge < -0.3 is 14.6 Å². The second-order valence-corrected chi connectivity index (χ2v) is 10.9. The van der Waals surface area contributed by atoms with Crippen LogP contribution in [0.15, 0.2) is 57.9 Å². The topological polar surface area (TPSA) is 102 Å². The summed E-state index contributed by atoms with van der Waals surface area (Å²) in [6.07, 6.45) is 3.17. The molecule has 0 aromatic heterocycles. The molecule has 2 atom stereocenters. The first-order valence-corrected chi connectivity index (χ1v) is 12.9. The number of benzene rings is 2. The Hall–Kier alpha value is -1.78. The average molecular weight is 524 g/mol. The number of halogens is 1. The number of carbonyl (C=O) groups is 1. The predicted octanol–water partition coefficient (Wildman–Crippen LogP) is 4.17. The average Bonchev–Trinajstić information content (AvgIpc) is 2.78. The van der Waals surface area contributed by atoms with Crippen LogP contribution in [0.1, 0.15) is 32.1 Å². The minimum Gasteiger partial charge on any atom is -0.480 e. The third-order valence-corrected chi connectivity index (χ3v) is 8.07. The molecule has 1 saturated heterocycles. The van der Waals surface area contributed by atoms with Gasteiger partial charge in [-0.25, -0.2) is 8.42 Å². The van der Waals surface area contributed by atoms with Gasteiger partial charge >= 0.3 is 5.97 Å². The molecule has 1 aliphatic carbocycles. The predicted molar refractivity (Wildman–Crippen MR) is 123 cm³/mol. The van der Waals surface area contributed by atoms with Gasteiger partial charge in [-0.1, -0.05) is 40.2 Å². The molecule has 2 fully saturated rings. The first kappa shape index (κ1) is 23.4. The summed E-state index contributed by atoms with van der Waals surface area (Å²) in [5.74, 6) is -2.42. The van der Waals surface area contributed by atoms with Crippen LogP contribution in [0, 0.1) is 5.92 Å². The van der Waals surface area contributed by atoms with Gasteiger partial charge in [0, 0.05) is 17.3 Å². The van der Waals surface area contributed by atoms with E-state index >= 15 is 0 Å². The number of hydrogen-bond acceptors (Lipinski definition) is 5. The molecule has 2 aromatic rings. The maximum atomic E-state index is 13.0. The van der Waals surface area contributed by atoms with Crippen LogP contribution in [0.4, 0.5) is 0 Å². The molecule has 2 N–H and O–H groups in total. The van der Waals surface area contributed by atoms with Gasteiger partial charge in [-0.2, -0.15) is 4.72 Å². The van der Waals surface area contributed by atoms with E-state index in [0.29, 0.717) is 32.5 Å². The summed E-state index contributed by atoms with van der Waals surface area (Å²) in [5.41, 5.74) is 1.82. The molecule has 1 aliphatic heterocycles. The molecule has 9 heteroatoms. The van der Waals surface area contributed by atoms with Gasteiger partial charge in [0.05, 0.1) is 18.1 Å². The van der Waals surface area contributed by atoms with Crippen molar-refractivity contribution in [3.63, 3.8) is 0 Å². The summed E-state index contributed by atoms with van der Waals surface area (Å²) < 4.78 is 41.1. The number of aliphatic carboxylic acids is 1. The molecule has 1 saturated carbocycles. The van der Waals surface area contributed by atoms with Crippen LogP contribution >= 0.6 is 15.9 Å². The number of carboxylic acids is 1. The summed E-state index contributed by atoms with van der Waals surface area (Å²) in [4.78, 5) is 12.1. The highest BCUT2D eigenvalue weighted by molar-refractivity contribution is 9.10. The number of ether oxygens (including phenoxy) is 2. The van der Waals surface area contributed by atoms with Gasteiger partial charge in [0.1, 0.15) is 6.04 Å². The summed E-state index contributed by atoms with van der Waals surface area (Å²) in [7, 11) is -4.02. The maximum Gasteiger partial charge on any atom is 0.322 e. The fourth-order valence-electron chi connectivity index (χ4n) is 4.45. The van der Waals surface area contributed by atoms with Gasteiger partial charge in [-0.15, -0.1) is 0 Å². The molecule has 0 bridgehead atoms. The number of hydrogen-bond donors (Lipinski definition) is 2. The zero-order valence-electron chi connectivity index (χ0n) is 17.5. The number of carboxylic acid groups (broad SMARTS) is 1. The Kier molecular flexibility index (Phi) is 7.02. The van der Waals surface area contributed by atoms with Crippen molar-refractivity contribution in [3.05, 3.63) is 53.0 Å². The van der Waals surface area contributed by atoms with Crippen LogP contribution in [0.3, 0.4) is 0 Å². The van der Waals surface area contributed by atoms with Crippen molar-refractivity contribution in [3.8, 4) is 11.1 Å². The van der Waals surface area contributed by atoms with Crippen molar-refractivity contribution in [2.75, 3.05) is 13.2 Å². The van der Waals surface area contributed by atoms with Crippen LogP contribution in [0.5, 0.6) is 0 Å². The smallest absolute Gasteiger partial charge is 0.322 e. The van der Waals surface area contributed by atoms with Crippen molar-refractivity contribution in [2.24, 2.45) is 5.92 Å². The molecule has 32 heavy (non-hydrogen) atoms. The van der Waals surface area contributed by atoms with Crippen LogP contribution < -0.4 is 4.72 Å². The highest BCUT2D eigenvalue weighted by Gasteiger charge is 2.45. The van der Waals surface area contributed by atoms with Gasteiger partial charge in [0.15, 0.2) is 5.79 Å². The molecule has 2 aliphatic rings. The zero-order chi connectivity index (χ0) is 22.8. The lowest BCUT2D eigenvalue weighted by Gasteiger charge is -2.44. The van der Waals surface area contributed by atoms with Crippen molar-refractivity contribution in [1.29, 1.82) is 0 Å².